The van der Waals surface area contributed by atoms with E-state index in [-0.39, 0.29) is 17.2 Å². The zero-order chi connectivity index (χ0) is 15.0. The second-order valence-corrected chi connectivity index (χ2v) is 5.94. The molecule has 0 aromatic carbocycles. The molecule has 0 spiro atoms. The van der Waals surface area contributed by atoms with Crippen LogP contribution in [0, 0.1) is 0 Å². The maximum atomic E-state index is 11.5. The van der Waals surface area contributed by atoms with Crippen LogP contribution >= 0.6 is 24.0 Å². The van der Waals surface area contributed by atoms with Crippen molar-refractivity contribution in [1.82, 2.24) is 10.2 Å². The molecule has 1 saturated heterocycles. The average Bonchev–Trinajstić information content (AvgIpc) is 2.50. The van der Waals surface area contributed by atoms with E-state index in [0.717, 1.165) is 12.3 Å². The Hall–Kier alpha value is -1.02. The van der Waals surface area contributed by atoms with Gasteiger partial charge in [-0.2, -0.15) is 0 Å². The van der Waals surface area contributed by atoms with Crippen LogP contribution in [0.2, 0.25) is 0 Å². The standard InChI is InChI=1S/C12H20N2O4S2/c1-17-10(15)4-3-5-13-12(19)14-6-7-20-9(8-14)11(16)18-2/h9H,3-8H2,1-2H3,(H,13,19)/t9-/m1/s1. The number of carbonyl (C=O) groups excluding carboxylic acids is 2. The lowest BCUT2D eigenvalue weighted by Gasteiger charge is -2.33. The molecular weight excluding hydrogens is 300 g/mol. The van der Waals surface area contributed by atoms with E-state index < -0.39 is 0 Å². The third-order valence-electron chi connectivity index (χ3n) is 2.88. The molecule has 1 aliphatic heterocycles. The van der Waals surface area contributed by atoms with Crippen LogP contribution in [0.3, 0.4) is 0 Å². The van der Waals surface area contributed by atoms with Crippen molar-refractivity contribution >= 4 is 41.0 Å². The summed E-state index contributed by atoms with van der Waals surface area (Å²) >= 11 is 6.88. The van der Waals surface area contributed by atoms with Gasteiger partial charge in [0.05, 0.1) is 14.2 Å². The van der Waals surface area contributed by atoms with E-state index in [1.807, 2.05) is 4.90 Å². The van der Waals surface area contributed by atoms with Gasteiger partial charge in [-0.3, -0.25) is 9.59 Å². The summed E-state index contributed by atoms with van der Waals surface area (Å²) in [6.45, 7) is 1.97. The van der Waals surface area contributed by atoms with Crippen molar-refractivity contribution in [3.05, 3.63) is 0 Å². The SMILES string of the molecule is COC(=O)CCCNC(=S)N1CCS[C@@H](C(=O)OC)C1. The van der Waals surface area contributed by atoms with Crippen LogP contribution in [-0.2, 0) is 19.1 Å². The molecule has 1 aliphatic rings. The van der Waals surface area contributed by atoms with E-state index in [1.165, 1.54) is 14.2 Å². The monoisotopic (exact) mass is 320 g/mol. The molecule has 1 rings (SSSR count). The normalized spacial score (nSPS) is 18.3. The Labute approximate surface area is 128 Å². The molecule has 1 fully saturated rings. The number of thiocarbonyl (C=S) groups is 1. The van der Waals surface area contributed by atoms with Crippen LogP contribution in [0.25, 0.3) is 0 Å². The molecule has 0 amide bonds. The first kappa shape index (κ1) is 17.0. The predicted octanol–water partition coefficient (Wildman–Crippen LogP) is 0.405. The van der Waals surface area contributed by atoms with Gasteiger partial charge in [0.1, 0.15) is 5.25 Å². The first-order valence-electron chi connectivity index (χ1n) is 6.37. The van der Waals surface area contributed by atoms with Crippen LogP contribution in [0.1, 0.15) is 12.8 Å². The van der Waals surface area contributed by atoms with Crippen LogP contribution in [0.15, 0.2) is 0 Å². The Kier molecular flexibility index (Phi) is 7.68. The highest BCUT2D eigenvalue weighted by molar-refractivity contribution is 8.00. The van der Waals surface area contributed by atoms with Gasteiger partial charge in [-0.05, 0) is 18.6 Å². The first-order chi connectivity index (χ1) is 9.58. The summed E-state index contributed by atoms with van der Waals surface area (Å²) in [6.07, 6.45) is 1.03. The molecule has 0 bridgehead atoms. The fourth-order valence-electron chi connectivity index (χ4n) is 1.75. The quantitative estimate of drug-likeness (QED) is 0.444. The highest BCUT2D eigenvalue weighted by Crippen LogP contribution is 2.19. The van der Waals surface area contributed by atoms with Gasteiger partial charge in [0, 0.05) is 31.8 Å². The minimum atomic E-state index is -0.224. The summed E-state index contributed by atoms with van der Waals surface area (Å²) in [5, 5.41) is 3.52. The number of ether oxygens (including phenoxy) is 2. The van der Waals surface area contributed by atoms with Gasteiger partial charge in [0.15, 0.2) is 5.11 Å². The summed E-state index contributed by atoms with van der Waals surface area (Å²) in [4.78, 5) is 24.4. The van der Waals surface area contributed by atoms with Crippen molar-refractivity contribution in [2.75, 3.05) is 39.6 Å². The Morgan fingerprint density at radius 2 is 2.15 bits per heavy atom. The van der Waals surface area contributed by atoms with E-state index in [4.69, 9.17) is 17.0 Å². The summed E-state index contributed by atoms with van der Waals surface area (Å²) in [6, 6.07) is 0. The molecule has 1 heterocycles. The second-order valence-electron chi connectivity index (χ2n) is 4.24. The number of esters is 2. The van der Waals surface area contributed by atoms with Crippen LogP contribution in [0.5, 0.6) is 0 Å². The summed E-state index contributed by atoms with van der Waals surface area (Å²) in [5.74, 6) is 0.398. The zero-order valence-corrected chi connectivity index (χ0v) is 13.3. The summed E-state index contributed by atoms with van der Waals surface area (Å²) in [5.41, 5.74) is 0. The minimum Gasteiger partial charge on any atom is -0.469 e. The molecule has 1 atom stereocenters. The number of hydrogen-bond donors (Lipinski definition) is 1. The van der Waals surface area contributed by atoms with Crippen LogP contribution < -0.4 is 5.32 Å². The topological polar surface area (TPSA) is 67.9 Å². The number of thioether (sulfide) groups is 1. The Morgan fingerprint density at radius 3 is 2.80 bits per heavy atom. The molecule has 0 aromatic heterocycles. The van der Waals surface area contributed by atoms with Crippen LogP contribution in [0.4, 0.5) is 0 Å². The number of nitrogens with one attached hydrogen (secondary N) is 1. The van der Waals surface area contributed by atoms with Gasteiger partial charge in [-0.25, -0.2) is 0 Å². The Bertz CT molecular complexity index is 365. The highest BCUT2D eigenvalue weighted by atomic mass is 32.2. The van der Waals surface area contributed by atoms with Crippen molar-refractivity contribution in [1.29, 1.82) is 0 Å². The lowest BCUT2D eigenvalue weighted by molar-refractivity contribution is -0.141. The molecule has 1 N–H and O–H groups in total. The highest BCUT2D eigenvalue weighted by Gasteiger charge is 2.28. The van der Waals surface area contributed by atoms with Crippen molar-refractivity contribution in [3.63, 3.8) is 0 Å². The third-order valence-corrected chi connectivity index (χ3v) is 4.44. The van der Waals surface area contributed by atoms with E-state index in [0.29, 0.717) is 31.0 Å². The summed E-state index contributed by atoms with van der Waals surface area (Å²) < 4.78 is 9.32. The van der Waals surface area contributed by atoms with Gasteiger partial charge in [-0.15, -0.1) is 11.8 Å². The molecule has 8 heteroatoms. The number of rotatable bonds is 5. The average molecular weight is 320 g/mol. The number of methoxy groups -OCH3 is 2. The number of carbonyl (C=O) groups is 2. The summed E-state index contributed by atoms with van der Waals surface area (Å²) in [7, 11) is 2.77. The van der Waals surface area contributed by atoms with Crippen molar-refractivity contribution < 1.29 is 19.1 Å². The molecule has 114 valence electrons. The number of nitrogens with zero attached hydrogens (tertiary/aromatic N) is 1. The van der Waals surface area contributed by atoms with Crippen molar-refractivity contribution in [2.45, 2.75) is 18.1 Å². The van der Waals surface area contributed by atoms with Crippen molar-refractivity contribution in [2.24, 2.45) is 0 Å². The molecule has 0 aromatic rings. The smallest absolute Gasteiger partial charge is 0.320 e. The van der Waals surface area contributed by atoms with E-state index in [1.54, 1.807) is 11.8 Å². The second kappa shape index (κ2) is 9.02. The zero-order valence-electron chi connectivity index (χ0n) is 11.7. The number of hydrogen-bond acceptors (Lipinski definition) is 6. The van der Waals surface area contributed by atoms with Gasteiger partial charge >= 0.3 is 11.9 Å². The molecule has 0 aliphatic carbocycles. The maximum Gasteiger partial charge on any atom is 0.320 e. The third kappa shape index (κ3) is 5.54. The lowest BCUT2D eigenvalue weighted by atomic mass is 10.3. The van der Waals surface area contributed by atoms with Gasteiger partial charge < -0.3 is 19.7 Å². The Balaban J connectivity index is 2.28. The molecule has 0 radical (unpaired) electrons. The van der Waals surface area contributed by atoms with E-state index in [2.05, 4.69) is 10.1 Å². The first-order valence-corrected chi connectivity index (χ1v) is 7.83. The molecule has 20 heavy (non-hydrogen) atoms. The van der Waals surface area contributed by atoms with Gasteiger partial charge in [0.25, 0.3) is 0 Å². The van der Waals surface area contributed by atoms with Gasteiger partial charge in [0.2, 0.25) is 0 Å². The lowest BCUT2D eigenvalue weighted by Crippen LogP contribution is -2.49. The molecule has 0 unspecified atom stereocenters. The van der Waals surface area contributed by atoms with E-state index >= 15 is 0 Å². The minimum absolute atomic E-state index is 0.191. The fourth-order valence-corrected chi connectivity index (χ4v) is 3.15. The maximum absolute atomic E-state index is 11.5. The molecule has 0 saturated carbocycles. The van der Waals surface area contributed by atoms with Crippen LogP contribution in [-0.4, -0.2) is 66.8 Å². The fraction of sp³-hybridized carbons (Fsp3) is 0.750. The Morgan fingerprint density at radius 1 is 1.40 bits per heavy atom. The van der Waals surface area contributed by atoms with E-state index in [9.17, 15) is 9.59 Å². The molecular formula is C12H20N2O4S2. The molecule has 6 nitrogen and oxygen atoms in total. The van der Waals surface area contributed by atoms with Crippen molar-refractivity contribution in [3.8, 4) is 0 Å². The van der Waals surface area contributed by atoms with Gasteiger partial charge in [-0.1, -0.05) is 0 Å². The predicted molar refractivity (Wildman–Crippen MR) is 81.7 cm³/mol. The largest absolute Gasteiger partial charge is 0.469 e.